The van der Waals surface area contributed by atoms with Gasteiger partial charge in [0.25, 0.3) is 0 Å². The highest BCUT2D eigenvalue weighted by Crippen LogP contribution is 2.24. The molecule has 100 valence electrons. The summed E-state index contributed by atoms with van der Waals surface area (Å²) in [7, 11) is 0. The van der Waals surface area contributed by atoms with Crippen LogP contribution in [0.1, 0.15) is 11.3 Å². The predicted octanol–water partition coefficient (Wildman–Crippen LogP) is 2.53. The molecule has 3 aromatic heterocycles. The summed E-state index contributed by atoms with van der Waals surface area (Å²) in [5.74, 6) is 0. The third-order valence-electron chi connectivity index (χ3n) is 3.18. The highest BCUT2D eigenvalue weighted by Gasteiger charge is 2.14. The summed E-state index contributed by atoms with van der Waals surface area (Å²) in [6, 6.07) is 7.98. The Morgan fingerprint density at radius 3 is 2.75 bits per heavy atom. The lowest BCUT2D eigenvalue weighted by Gasteiger charge is -2.04. The minimum Gasteiger partial charge on any atom is -0.393 e. The van der Waals surface area contributed by atoms with Gasteiger partial charge in [-0.15, -0.1) is 0 Å². The fourth-order valence-electron chi connectivity index (χ4n) is 2.27. The number of nitrogens with zero attached hydrogens (tertiary/aromatic N) is 3. The van der Waals surface area contributed by atoms with Crippen LogP contribution in [-0.2, 0) is 6.42 Å². The molecule has 5 heteroatoms. The van der Waals surface area contributed by atoms with E-state index in [1.807, 2.05) is 41.8 Å². The quantitative estimate of drug-likeness (QED) is 0.750. The second-order valence-electron chi connectivity index (χ2n) is 4.72. The second-order valence-corrected chi connectivity index (χ2v) is 5.24. The molecule has 0 amide bonds. The molecule has 0 unspecified atom stereocenters. The van der Waals surface area contributed by atoms with E-state index >= 15 is 0 Å². The minimum absolute atomic E-state index is 0.461. The smallest absolute Gasteiger partial charge is 0.137 e. The molecule has 0 saturated carbocycles. The molecule has 20 heavy (non-hydrogen) atoms. The number of fused-ring (bicyclic) bond motifs is 1. The SMILES string of the molecule is Cc1ccn2c(CC(N)=S)c(-c3ccncc3)nc2c1. The van der Waals surface area contributed by atoms with Gasteiger partial charge in [-0.3, -0.25) is 4.98 Å². The van der Waals surface area contributed by atoms with Crippen molar-refractivity contribution in [2.75, 3.05) is 0 Å². The van der Waals surface area contributed by atoms with E-state index < -0.39 is 0 Å². The third kappa shape index (κ3) is 2.28. The van der Waals surface area contributed by atoms with Gasteiger partial charge in [0.15, 0.2) is 0 Å². The molecule has 0 spiro atoms. The standard InChI is InChI=1S/C15H14N4S/c1-10-4-7-19-12(9-13(16)20)15(18-14(19)8-10)11-2-5-17-6-3-11/h2-8H,9H2,1H3,(H2,16,20). The Morgan fingerprint density at radius 2 is 2.05 bits per heavy atom. The van der Waals surface area contributed by atoms with Gasteiger partial charge in [0.1, 0.15) is 5.65 Å². The highest BCUT2D eigenvalue weighted by molar-refractivity contribution is 7.80. The lowest BCUT2D eigenvalue weighted by molar-refractivity contribution is 1.07. The van der Waals surface area contributed by atoms with Gasteiger partial charge < -0.3 is 10.1 Å². The summed E-state index contributed by atoms with van der Waals surface area (Å²) in [6.45, 7) is 2.05. The van der Waals surface area contributed by atoms with Crippen LogP contribution >= 0.6 is 12.2 Å². The molecule has 0 fully saturated rings. The Kier molecular flexibility index (Phi) is 3.20. The van der Waals surface area contributed by atoms with E-state index in [1.54, 1.807) is 12.4 Å². The van der Waals surface area contributed by atoms with E-state index in [9.17, 15) is 0 Å². The van der Waals surface area contributed by atoms with Crippen LogP contribution < -0.4 is 5.73 Å². The Bertz CT molecular complexity index is 777. The third-order valence-corrected chi connectivity index (χ3v) is 3.32. The molecule has 2 N–H and O–H groups in total. The Morgan fingerprint density at radius 1 is 1.30 bits per heavy atom. The van der Waals surface area contributed by atoms with Crippen molar-refractivity contribution in [1.82, 2.24) is 14.4 Å². The molecular formula is C15H14N4S. The topological polar surface area (TPSA) is 56.2 Å². The monoisotopic (exact) mass is 282 g/mol. The van der Waals surface area contributed by atoms with Gasteiger partial charge in [0.2, 0.25) is 0 Å². The first-order valence-electron chi connectivity index (χ1n) is 6.31. The summed E-state index contributed by atoms with van der Waals surface area (Å²) >= 11 is 5.07. The molecule has 0 atom stereocenters. The maximum absolute atomic E-state index is 5.73. The van der Waals surface area contributed by atoms with E-state index in [1.165, 1.54) is 5.56 Å². The van der Waals surface area contributed by atoms with Gasteiger partial charge >= 0.3 is 0 Å². The number of hydrogen-bond donors (Lipinski definition) is 1. The van der Waals surface area contributed by atoms with Crippen LogP contribution in [0, 0.1) is 6.92 Å². The van der Waals surface area contributed by atoms with Gasteiger partial charge in [-0.1, -0.05) is 12.2 Å². The van der Waals surface area contributed by atoms with E-state index in [4.69, 9.17) is 22.9 Å². The van der Waals surface area contributed by atoms with Crippen molar-refractivity contribution in [3.05, 3.63) is 54.1 Å². The number of thiocarbonyl (C=S) groups is 1. The first kappa shape index (κ1) is 12.7. The normalized spacial score (nSPS) is 10.8. The van der Waals surface area contributed by atoms with Crippen LogP contribution in [0.2, 0.25) is 0 Å². The summed E-state index contributed by atoms with van der Waals surface area (Å²) in [5, 5.41) is 0. The molecule has 4 nitrogen and oxygen atoms in total. The Hall–Kier alpha value is -2.27. The number of pyridine rings is 2. The average Bonchev–Trinajstić information content (AvgIpc) is 2.77. The molecule has 0 aromatic carbocycles. The van der Waals surface area contributed by atoms with Gasteiger partial charge in [-0.05, 0) is 36.8 Å². The molecule has 0 aliphatic heterocycles. The zero-order chi connectivity index (χ0) is 14.1. The predicted molar refractivity (Wildman–Crippen MR) is 83.6 cm³/mol. The summed E-state index contributed by atoms with van der Waals surface area (Å²) in [5.41, 5.74) is 10.7. The van der Waals surface area contributed by atoms with Crippen LogP contribution in [0.15, 0.2) is 42.9 Å². The van der Waals surface area contributed by atoms with Gasteiger partial charge in [0, 0.05) is 30.6 Å². The molecule has 0 saturated heterocycles. The number of imidazole rings is 1. The van der Waals surface area contributed by atoms with Gasteiger partial charge in [-0.25, -0.2) is 4.98 Å². The van der Waals surface area contributed by atoms with Crippen LogP contribution in [-0.4, -0.2) is 19.4 Å². The van der Waals surface area contributed by atoms with Crippen LogP contribution in [0.25, 0.3) is 16.9 Å². The van der Waals surface area contributed by atoms with E-state index in [2.05, 4.69) is 4.98 Å². The largest absolute Gasteiger partial charge is 0.393 e. The fraction of sp³-hybridized carbons (Fsp3) is 0.133. The number of aryl methyl sites for hydroxylation is 1. The van der Waals surface area contributed by atoms with Crippen molar-refractivity contribution in [1.29, 1.82) is 0 Å². The maximum atomic E-state index is 5.73. The van der Waals surface area contributed by atoms with E-state index in [0.717, 1.165) is 22.6 Å². The molecular weight excluding hydrogens is 268 g/mol. The second kappa shape index (κ2) is 5.02. The number of aromatic nitrogens is 3. The molecule has 0 aliphatic rings. The van der Waals surface area contributed by atoms with Crippen molar-refractivity contribution in [2.45, 2.75) is 13.3 Å². The molecule has 0 bridgehead atoms. The molecule has 3 rings (SSSR count). The van der Waals surface area contributed by atoms with Crippen molar-refractivity contribution >= 4 is 22.9 Å². The summed E-state index contributed by atoms with van der Waals surface area (Å²) in [4.78, 5) is 9.22. The van der Waals surface area contributed by atoms with E-state index in [0.29, 0.717) is 11.4 Å². The first-order valence-corrected chi connectivity index (χ1v) is 6.72. The number of hydrogen-bond acceptors (Lipinski definition) is 3. The zero-order valence-electron chi connectivity index (χ0n) is 11.1. The minimum atomic E-state index is 0.461. The molecule has 0 aliphatic carbocycles. The van der Waals surface area contributed by atoms with Crippen LogP contribution in [0.4, 0.5) is 0 Å². The van der Waals surface area contributed by atoms with Crippen LogP contribution in [0.3, 0.4) is 0 Å². The first-order chi connectivity index (χ1) is 9.65. The maximum Gasteiger partial charge on any atom is 0.137 e. The van der Waals surface area contributed by atoms with Gasteiger partial charge in [0.05, 0.1) is 16.4 Å². The summed E-state index contributed by atoms with van der Waals surface area (Å²) in [6.07, 6.45) is 6.05. The Balaban J connectivity index is 2.27. The number of nitrogens with two attached hydrogens (primary N) is 1. The van der Waals surface area contributed by atoms with Gasteiger partial charge in [-0.2, -0.15) is 0 Å². The molecule has 0 radical (unpaired) electrons. The molecule has 3 heterocycles. The van der Waals surface area contributed by atoms with Crippen molar-refractivity contribution in [3.8, 4) is 11.3 Å². The van der Waals surface area contributed by atoms with Crippen molar-refractivity contribution in [2.24, 2.45) is 5.73 Å². The van der Waals surface area contributed by atoms with E-state index in [-0.39, 0.29) is 0 Å². The van der Waals surface area contributed by atoms with Crippen molar-refractivity contribution in [3.63, 3.8) is 0 Å². The van der Waals surface area contributed by atoms with Crippen molar-refractivity contribution < 1.29 is 0 Å². The number of rotatable bonds is 3. The Labute approximate surface area is 122 Å². The van der Waals surface area contributed by atoms with Crippen LogP contribution in [0.5, 0.6) is 0 Å². The average molecular weight is 282 g/mol. The molecule has 3 aromatic rings. The zero-order valence-corrected chi connectivity index (χ0v) is 11.9. The summed E-state index contributed by atoms with van der Waals surface area (Å²) < 4.78 is 2.04. The fourth-order valence-corrected chi connectivity index (χ4v) is 2.41. The lowest BCUT2D eigenvalue weighted by atomic mass is 10.1. The highest BCUT2D eigenvalue weighted by atomic mass is 32.1. The lowest BCUT2D eigenvalue weighted by Crippen LogP contribution is -2.13.